The van der Waals surface area contributed by atoms with E-state index in [0.717, 1.165) is 29.7 Å². The Bertz CT molecular complexity index is 952. The molecule has 5 nitrogen and oxygen atoms in total. The lowest BCUT2D eigenvalue weighted by atomic mass is 10.0. The van der Waals surface area contributed by atoms with E-state index in [1.54, 1.807) is 13.2 Å². The molecule has 1 aliphatic heterocycles. The number of rotatable bonds is 4. The van der Waals surface area contributed by atoms with Gasteiger partial charge in [0.25, 0.3) is 5.91 Å². The van der Waals surface area contributed by atoms with E-state index in [1.165, 1.54) is 0 Å². The molecule has 2 aromatic carbocycles. The van der Waals surface area contributed by atoms with Crippen LogP contribution in [0.1, 0.15) is 34.9 Å². The molecule has 0 bridgehead atoms. The molecule has 0 radical (unpaired) electrons. The first-order valence-corrected chi connectivity index (χ1v) is 9.21. The summed E-state index contributed by atoms with van der Waals surface area (Å²) in [6.07, 6.45) is 1.82. The monoisotopic (exact) mass is 382 g/mol. The molecule has 4 rings (SSSR count). The third-order valence-electron chi connectivity index (χ3n) is 4.88. The minimum Gasteiger partial charge on any atom is -0.497 e. The van der Waals surface area contributed by atoms with Gasteiger partial charge in [0.05, 0.1) is 13.2 Å². The van der Waals surface area contributed by atoms with Crippen LogP contribution in [-0.2, 0) is 0 Å². The van der Waals surface area contributed by atoms with Crippen LogP contribution in [0.15, 0.2) is 59.1 Å². The number of carbonyl (C=O) groups is 1. The number of carbonyl (C=O) groups excluding carboxylic acids is 1. The van der Waals surface area contributed by atoms with Gasteiger partial charge in [-0.2, -0.15) is 0 Å². The Labute approximate surface area is 162 Å². The number of benzene rings is 2. The van der Waals surface area contributed by atoms with Crippen LogP contribution >= 0.6 is 11.6 Å². The summed E-state index contributed by atoms with van der Waals surface area (Å²) in [5.41, 5.74) is 2.12. The van der Waals surface area contributed by atoms with Crippen LogP contribution in [0, 0.1) is 0 Å². The fourth-order valence-corrected chi connectivity index (χ4v) is 3.75. The summed E-state index contributed by atoms with van der Waals surface area (Å²) in [5.74, 6) is 1.17. The quantitative estimate of drug-likeness (QED) is 0.638. The molecule has 3 aromatic rings. The van der Waals surface area contributed by atoms with Crippen LogP contribution in [0.4, 0.5) is 0 Å². The summed E-state index contributed by atoms with van der Waals surface area (Å²) in [4.78, 5) is 14.9. The Kier molecular flexibility index (Phi) is 4.86. The Morgan fingerprint density at radius 1 is 1.22 bits per heavy atom. The molecule has 1 amide bonds. The smallest absolute Gasteiger partial charge is 0.276 e. The second-order valence-electron chi connectivity index (χ2n) is 6.48. The van der Waals surface area contributed by atoms with Crippen LogP contribution < -0.4 is 4.74 Å². The zero-order chi connectivity index (χ0) is 18.8. The summed E-state index contributed by atoms with van der Waals surface area (Å²) < 4.78 is 10.6. The van der Waals surface area contributed by atoms with Gasteiger partial charge in [-0.25, -0.2) is 0 Å². The number of hydrogen-bond donors (Lipinski definition) is 0. The number of nitrogens with zero attached hydrogens (tertiary/aromatic N) is 2. The SMILES string of the molecule is COc1ccc(-c2cc(C(=O)N3CCC[C@@H]3c3ccccc3Cl)no2)cc1. The van der Waals surface area contributed by atoms with E-state index in [9.17, 15) is 4.79 Å². The van der Waals surface area contributed by atoms with E-state index in [0.29, 0.717) is 23.0 Å². The molecule has 0 N–H and O–H groups in total. The molecule has 2 heterocycles. The van der Waals surface area contributed by atoms with Crippen molar-refractivity contribution in [3.63, 3.8) is 0 Å². The molecule has 138 valence electrons. The van der Waals surface area contributed by atoms with E-state index < -0.39 is 0 Å². The van der Waals surface area contributed by atoms with Crippen LogP contribution in [0.2, 0.25) is 5.02 Å². The van der Waals surface area contributed by atoms with Crippen LogP contribution in [0.5, 0.6) is 5.75 Å². The average molecular weight is 383 g/mol. The largest absolute Gasteiger partial charge is 0.497 e. The predicted octanol–water partition coefficient (Wildman–Crippen LogP) is 4.98. The number of hydrogen-bond acceptors (Lipinski definition) is 4. The molecule has 1 saturated heterocycles. The highest BCUT2D eigenvalue weighted by Gasteiger charge is 2.33. The number of likely N-dealkylation sites (tertiary alicyclic amines) is 1. The van der Waals surface area contributed by atoms with Crippen molar-refractivity contribution in [2.75, 3.05) is 13.7 Å². The van der Waals surface area contributed by atoms with Crippen molar-refractivity contribution in [1.29, 1.82) is 0 Å². The summed E-state index contributed by atoms with van der Waals surface area (Å²) in [6, 6.07) is 16.7. The second kappa shape index (κ2) is 7.45. The first-order valence-electron chi connectivity index (χ1n) is 8.84. The van der Waals surface area contributed by atoms with Gasteiger partial charge in [-0.1, -0.05) is 35.0 Å². The van der Waals surface area contributed by atoms with E-state index in [1.807, 2.05) is 53.4 Å². The zero-order valence-electron chi connectivity index (χ0n) is 14.9. The molecule has 0 spiro atoms. The van der Waals surface area contributed by atoms with Crippen LogP contribution in [-0.4, -0.2) is 29.6 Å². The van der Waals surface area contributed by atoms with Crippen molar-refractivity contribution in [3.05, 3.63) is 70.9 Å². The van der Waals surface area contributed by atoms with Gasteiger partial charge in [0.1, 0.15) is 5.75 Å². The number of ether oxygens (including phenoxy) is 1. The van der Waals surface area contributed by atoms with Gasteiger partial charge in [0.15, 0.2) is 11.5 Å². The number of aromatic nitrogens is 1. The highest BCUT2D eigenvalue weighted by molar-refractivity contribution is 6.31. The van der Waals surface area contributed by atoms with Crippen molar-refractivity contribution >= 4 is 17.5 Å². The van der Waals surface area contributed by atoms with Gasteiger partial charge >= 0.3 is 0 Å². The van der Waals surface area contributed by atoms with E-state index >= 15 is 0 Å². The van der Waals surface area contributed by atoms with Gasteiger partial charge in [0, 0.05) is 23.2 Å². The summed E-state index contributed by atoms with van der Waals surface area (Å²) in [7, 11) is 1.62. The number of halogens is 1. The Morgan fingerprint density at radius 3 is 2.74 bits per heavy atom. The molecule has 1 aliphatic rings. The molecule has 1 fully saturated rings. The van der Waals surface area contributed by atoms with Gasteiger partial charge < -0.3 is 14.2 Å². The minimum atomic E-state index is -0.138. The Morgan fingerprint density at radius 2 is 2.00 bits per heavy atom. The Hall–Kier alpha value is -2.79. The maximum Gasteiger partial charge on any atom is 0.276 e. The lowest BCUT2D eigenvalue weighted by Crippen LogP contribution is -2.30. The minimum absolute atomic E-state index is 0.0349. The van der Waals surface area contributed by atoms with Gasteiger partial charge in [-0.3, -0.25) is 4.79 Å². The average Bonchev–Trinajstić information content (AvgIpc) is 3.38. The van der Waals surface area contributed by atoms with Gasteiger partial charge in [0.2, 0.25) is 0 Å². The molecule has 0 saturated carbocycles. The number of amides is 1. The molecule has 27 heavy (non-hydrogen) atoms. The molecule has 0 unspecified atom stereocenters. The van der Waals surface area contributed by atoms with E-state index in [2.05, 4.69) is 5.16 Å². The summed E-state index contributed by atoms with van der Waals surface area (Å²) >= 11 is 6.35. The second-order valence-corrected chi connectivity index (χ2v) is 6.89. The lowest BCUT2D eigenvalue weighted by Gasteiger charge is -2.24. The maximum absolute atomic E-state index is 13.0. The normalized spacial score (nSPS) is 16.5. The molecule has 0 aliphatic carbocycles. The molecule has 6 heteroatoms. The summed E-state index contributed by atoms with van der Waals surface area (Å²) in [6.45, 7) is 0.680. The standard InChI is InChI=1S/C21H19ClN2O3/c1-26-15-10-8-14(9-11-15)20-13-18(23-27-20)21(25)24-12-4-7-19(24)16-5-2-3-6-17(16)22/h2-3,5-6,8-11,13,19H,4,7,12H2,1H3/t19-/m1/s1. The van der Waals surface area contributed by atoms with Crippen LogP contribution in [0.25, 0.3) is 11.3 Å². The van der Waals surface area contributed by atoms with Crippen molar-refractivity contribution in [3.8, 4) is 17.1 Å². The molecule has 1 aromatic heterocycles. The highest BCUT2D eigenvalue weighted by Crippen LogP contribution is 2.36. The summed E-state index contributed by atoms with van der Waals surface area (Å²) in [5, 5.41) is 4.68. The van der Waals surface area contributed by atoms with Gasteiger partial charge in [-0.05, 0) is 48.7 Å². The third kappa shape index (κ3) is 3.43. The van der Waals surface area contributed by atoms with Crippen molar-refractivity contribution in [2.24, 2.45) is 0 Å². The Balaban J connectivity index is 1.57. The van der Waals surface area contributed by atoms with Crippen molar-refractivity contribution < 1.29 is 14.1 Å². The topological polar surface area (TPSA) is 55.6 Å². The lowest BCUT2D eigenvalue weighted by molar-refractivity contribution is 0.0725. The maximum atomic E-state index is 13.0. The van der Waals surface area contributed by atoms with Gasteiger partial charge in [-0.15, -0.1) is 0 Å². The predicted molar refractivity (Wildman–Crippen MR) is 103 cm³/mol. The first-order chi connectivity index (χ1) is 13.2. The molecular weight excluding hydrogens is 364 g/mol. The molecule has 1 atom stereocenters. The number of methoxy groups -OCH3 is 1. The van der Waals surface area contributed by atoms with E-state index in [-0.39, 0.29) is 11.9 Å². The van der Waals surface area contributed by atoms with Crippen molar-refractivity contribution in [2.45, 2.75) is 18.9 Å². The fraction of sp³-hybridized carbons (Fsp3) is 0.238. The zero-order valence-corrected chi connectivity index (χ0v) is 15.6. The fourth-order valence-electron chi connectivity index (χ4n) is 3.49. The first kappa shape index (κ1) is 17.6. The molecular formula is C21H19ClN2O3. The third-order valence-corrected chi connectivity index (χ3v) is 5.23. The van der Waals surface area contributed by atoms with E-state index in [4.69, 9.17) is 20.9 Å². The van der Waals surface area contributed by atoms with Crippen molar-refractivity contribution in [1.82, 2.24) is 10.1 Å². The van der Waals surface area contributed by atoms with Crippen LogP contribution in [0.3, 0.4) is 0 Å². The highest BCUT2D eigenvalue weighted by atomic mass is 35.5.